The molecule has 1 aromatic carbocycles. The van der Waals surface area contributed by atoms with Gasteiger partial charge in [0.15, 0.2) is 5.72 Å². The fourth-order valence-corrected chi connectivity index (χ4v) is 5.60. The second-order valence-electron chi connectivity index (χ2n) is 8.61. The summed E-state index contributed by atoms with van der Waals surface area (Å²) in [6.07, 6.45) is 2.80. The molecule has 3 saturated heterocycles. The number of amides is 2. The number of carbonyl (C=O) groups excluding carboxylic acids is 2. The Morgan fingerprint density at radius 1 is 1.19 bits per heavy atom. The summed E-state index contributed by atoms with van der Waals surface area (Å²) >= 11 is 0. The van der Waals surface area contributed by atoms with Crippen LogP contribution in [0.1, 0.15) is 37.8 Å². The van der Waals surface area contributed by atoms with Gasteiger partial charge in [0.2, 0.25) is 11.8 Å². The van der Waals surface area contributed by atoms with Crippen molar-refractivity contribution in [2.75, 3.05) is 13.2 Å². The van der Waals surface area contributed by atoms with E-state index in [4.69, 9.17) is 4.74 Å². The zero-order valence-electron chi connectivity index (χ0n) is 15.5. The minimum atomic E-state index is -0.562. The van der Waals surface area contributed by atoms with E-state index in [1.54, 1.807) is 0 Å². The van der Waals surface area contributed by atoms with Gasteiger partial charge in [0, 0.05) is 18.9 Å². The first-order valence-electron chi connectivity index (χ1n) is 9.84. The average molecular weight is 354 g/mol. The van der Waals surface area contributed by atoms with Crippen LogP contribution < -0.4 is 0 Å². The predicted molar refractivity (Wildman–Crippen MR) is 96.2 cm³/mol. The molecule has 0 aromatic heterocycles. The van der Waals surface area contributed by atoms with E-state index in [0.29, 0.717) is 25.5 Å². The fourth-order valence-electron chi connectivity index (χ4n) is 5.60. The minimum Gasteiger partial charge on any atom is -0.351 e. The molecule has 0 N–H and O–H groups in total. The van der Waals surface area contributed by atoms with E-state index in [2.05, 4.69) is 26.0 Å². The first kappa shape index (κ1) is 16.3. The van der Waals surface area contributed by atoms with Crippen LogP contribution in [0.5, 0.6) is 0 Å². The summed E-state index contributed by atoms with van der Waals surface area (Å²) in [4.78, 5) is 30.0. The highest BCUT2D eigenvalue weighted by Crippen LogP contribution is 2.49. The van der Waals surface area contributed by atoms with Crippen LogP contribution >= 0.6 is 0 Å². The molecule has 26 heavy (non-hydrogen) atoms. The fraction of sp³-hybridized carbons (Fsp3) is 0.619. The lowest BCUT2D eigenvalue weighted by atomic mass is 10.0. The molecule has 0 unspecified atom stereocenters. The summed E-state index contributed by atoms with van der Waals surface area (Å²) in [5.41, 5.74) is 2.02. The summed E-state index contributed by atoms with van der Waals surface area (Å²) in [6, 6.07) is 8.36. The van der Waals surface area contributed by atoms with Crippen molar-refractivity contribution in [2.45, 2.75) is 57.3 Å². The maximum atomic E-state index is 13.3. The van der Waals surface area contributed by atoms with Crippen molar-refractivity contribution in [3.05, 3.63) is 35.4 Å². The van der Waals surface area contributed by atoms with Crippen LogP contribution in [-0.4, -0.2) is 52.6 Å². The Balaban J connectivity index is 1.39. The van der Waals surface area contributed by atoms with Crippen molar-refractivity contribution in [3.63, 3.8) is 0 Å². The van der Waals surface area contributed by atoms with Crippen molar-refractivity contribution in [2.24, 2.45) is 11.8 Å². The molecular formula is C21H26N2O3. The van der Waals surface area contributed by atoms with Gasteiger partial charge in [-0.2, -0.15) is 0 Å². The molecule has 4 aliphatic rings. The van der Waals surface area contributed by atoms with E-state index in [1.165, 1.54) is 11.1 Å². The Bertz CT molecular complexity index is 751. The highest BCUT2D eigenvalue weighted by atomic mass is 16.5. The van der Waals surface area contributed by atoms with Gasteiger partial charge < -0.3 is 14.5 Å². The number of benzene rings is 1. The van der Waals surface area contributed by atoms with E-state index in [-0.39, 0.29) is 29.8 Å². The molecular weight excluding hydrogens is 328 g/mol. The summed E-state index contributed by atoms with van der Waals surface area (Å²) < 4.78 is 6.25. The van der Waals surface area contributed by atoms with Crippen molar-refractivity contribution >= 4 is 11.8 Å². The van der Waals surface area contributed by atoms with Gasteiger partial charge in [-0.25, -0.2) is 0 Å². The van der Waals surface area contributed by atoms with Gasteiger partial charge in [-0.3, -0.25) is 9.59 Å². The molecule has 0 radical (unpaired) electrons. The van der Waals surface area contributed by atoms with Gasteiger partial charge in [0.1, 0.15) is 0 Å². The highest BCUT2D eigenvalue weighted by Gasteiger charge is 2.66. The lowest BCUT2D eigenvalue weighted by molar-refractivity contribution is -0.143. The second kappa shape index (κ2) is 5.56. The molecule has 3 heterocycles. The van der Waals surface area contributed by atoms with Crippen LogP contribution in [0.3, 0.4) is 0 Å². The van der Waals surface area contributed by atoms with Crippen LogP contribution in [-0.2, 0) is 27.2 Å². The summed E-state index contributed by atoms with van der Waals surface area (Å²) in [5, 5.41) is 0. The maximum absolute atomic E-state index is 13.3. The van der Waals surface area contributed by atoms with Crippen molar-refractivity contribution in [1.29, 1.82) is 0 Å². The van der Waals surface area contributed by atoms with Gasteiger partial charge in [-0.05, 0) is 29.9 Å². The number of fused-ring (bicyclic) bond motifs is 1. The SMILES string of the molecule is CC(C)[C@@H]1CO[C@@]23CCN(C(=O)C4Cc5ccccc5C4)[C@@H]2CC(=O)N13. The summed E-state index contributed by atoms with van der Waals surface area (Å²) in [5.74, 6) is 0.730. The van der Waals surface area contributed by atoms with Crippen molar-refractivity contribution in [1.82, 2.24) is 9.80 Å². The lowest BCUT2D eigenvalue weighted by Gasteiger charge is -2.34. The Labute approximate surface area is 154 Å². The third kappa shape index (κ3) is 2.07. The first-order chi connectivity index (χ1) is 12.5. The van der Waals surface area contributed by atoms with Crippen LogP contribution in [0.2, 0.25) is 0 Å². The van der Waals surface area contributed by atoms with E-state index in [1.807, 2.05) is 21.9 Å². The molecule has 138 valence electrons. The number of hydrogen-bond donors (Lipinski definition) is 0. The Hall–Kier alpha value is -1.88. The van der Waals surface area contributed by atoms with Crippen LogP contribution in [0.4, 0.5) is 0 Å². The third-order valence-corrected chi connectivity index (χ3v) is 6.94. The minimum absolute atomic E-state index is 0.00833. The smallest absolute Gasteiger partial charge is 0.227 e. The standard InChI is InChI=1S/C21H26N2O3/c1-13(2)17-12-26-21-7-8-22(18(21)11-19(24)23(17)21)20(25)16-9-14-5-3-4-6-15(14)10-16/h3-6,13,16-18H,7-12H2,1-2H3/t17-,18+,21-/m0/s1. The molecule has 5 rings (SSSR count). The van der Waals surface area contributed by atoms with Gasteiger partial charge >= 0.3 is 0 Å². The summed E-state index contributed by atoms with van der Waals surface area (Å²) in [7, 11) is 0. The van der Waals surface area contributed by atoms with Gasteiger partial charge in [0.05, 0.1) is 25.1 Å². The molecule has 1 aliphatic carbocycles. The zero-order valence-corrected chi connectivity index (χ0v) is 15.5. The maximum Gasteiger partial charge on any atom is 0.227 e. The number of nitrogens with zero attached hydrogens (tertiary/aromatic N) is 2. The Morgan fingerprint density at radius 3 is 2.54 bits per heavy atom. The van der Waals surface area contributed by atoms with E-state index in [0.717, 1.165) is 19.3 Å². The van der Waals surface area contributed by atoms with Gasteiger partial charge in [-0.15, -0.1) is 0 Å². The molecule has 2 amide bonds. The number of hydrogen-bond acceptors (Lipinski definition) is 3. The van der Waals surface area contributed by atoms with Crippen molar-refractivity contribution in [3.8, 4) is 0 Å². The molecule has 3 fully saturated rings. The van der Waals surface area contributed by atoms with E-state index < -0.39 is 5.72 Å². The number of likely N-dealkylation sites (tertiary alicyclic amines) is 1. The summed E-state index contributed by atoms with van der Waals surface area (Å²) in [6.45, 7) is 5.57. The monoisotopic (exact) mass is 354 g/mol. The number of carbonyl (C=O) groups is 2. The zero-order chi connectivity index (χ0) is 18.1. The molecule has 3 aliphatic heterocycles. The van der Waals surface area contributed by atoms with Gasteiger partial charge in [-0.1, -0.05) is 38.1 Å². The van der Waals surface area contributed by atoms with E-state index >= 15 is 0 Å². The third-order valence-electron chi connectivity index (χ3n) is 6.94. The van der Waals surface area contributed by atoms with Crippen LogP contribution in [0.25, 0.3) is 0 Å². The highest BCUT2D eigenvalue weighted by molar-refractivity contribution is 5.86. The molecule has 0 bridgehead atoms. The molecule has 5 nitrogen and oxygen atoms in total. The number of ether oxygens (including phenoxy) is 1. The first-order valence-corrected chi connectivity index (χ1v) is 9.84. The number of rotatable bonds is 2. The predicted octanol–water partition coefficient (Wildman–Crippen LogP) is 1.99. The molecule has 3 atom stereocenters. The molecule has 1 aromatic rings. The molecule has 5 heteroatoms. The lowest BCUT2D eigenvalue weighted by Crippen LogP contribution is -2.52. The largest absolute Gasteiger partial charge is 0.351 e. The normalized spacial score (nSPS) is 33.1. The molecule has 1 spiro atoms. The van der Waals surface area contributed by atoms with Crippen LogP contribution in [0.15, 0.2) is 24.3 Å². The Morgan fingerprint density at radius 2 is 1.88 bits per heavy atom. The van der Waals surface area contributed by atoms with Crippen LogP contribution in [0, 0.1) is 11.8 Å². The Kier molecular flexibility index (Phi) is 3.48. The quantitative estimate of drug-likeness (QED) is 0.816. The topological polar surface area (TPSA) is 49.9 Å². The van der Waals surface area contributed by atoms with E-state index in [9.17, 15) is 9.59 Å². The average Bonchev–Trinajstić information content (AvgIpc) is 3.34. The van der Waals surface area contributed by atoms with Gasteiger partial charge in [0.25, 0.3) is 0 Å². The van der Waals surface area contributed by atoms with Crippen molar-refractivity contribution < 1.29 is 14.3 Å². The second-order valence-corrected chi connectivity index (χ2v) is 8.61. The molecule has 0 saturated carbocycles.